The van der Waals surface area contributed by atoms with Crippen LogP contribution in [0, 0.1) is 12.8 Å². The second-order valence-corrected chi connectivity index (χ2v) is 10.3. The van der Waals surface area contributed by atoms with Crippen LogP contribution in [0.15, 0.2) is 41.3 Å². The number of carbonyl (C=O) groups excluding carboxylic acids is 2. The van der Waals surface area contributed by atoms with Gasteiger partial charge in [0.05, 0.1) is 27.7 Å². The summed E-state index contributed by atoms with van der Waals surface area (Å²) in [6.45, 7) is 6.74. The summed E-state index contributed by atoms with van der Waals surface area (Å²) in [6.07, 6.45) is 1.60. The first-order valence-electron chi connectivity index (χ1n) is 10.5. The number of aryl methyl sites for hydroxylation is 1. The number of nitrogens with zero attached hydrogens (tertiary/aromatic N) is 1. The molecule has 0 atom stereocenters. The molecular weight excluding hydrogens is 452 g/mol. The Morgan fingerprint density at radius 2 is 1.84 bits per heavy atom. The molecule has 1 aliphatic rings. The van der Waals surface area contributed by atoms with Crippen LogP contribution in [0.2, 0.25) is 5.02 Å². The van der Waals surface area contributed by atoms with E-state index in [0.29, 0.717) is 30.3 Å². The predicted molar refractivity (Wildman–Crippen MR) is 124 cm³/mol. The molecule has 1 fully saturated rings. The number of anilines is 1. The van der Waals surface area contributed by atoms with Crippen LogP contribution in [-0.4, -0.2) is 44.3 Å². The average molecular weight is 479 g/mol. The molecule has 0 radical (unpaired) electrons. The van der Waals surface area contributed by atoms with Gasteiger partial charge in [0.1, 0.15) is 0 Å². The summed E-state index contributed by atoms with van der Waals surface area (Å²) < 4.78 is 32.6. The summed E-state index contributed by atoms with van der Waals surface area (Å²) in [5, 5.41) is 2.86. The Balaban J connectivity index is 1.87. The molecule has 172 valence electrons. The van der Waals surface area contributed by atoms with Gasteiger partial charge in [-0.15, -0.1) is 0 Å². The van der Waals surface area contributed by atoms with Gasteiger partial charge in [0.15, 0.2) is 0 Å². The molecule has 2 aromatic rings. The number of sulfonamides is 1. The highest BCUT2D eigenvalue weighted by Gasteiger charge is 2.29. The SMILES string of the molecule is CCOC(=O)c1ccc(C)c(NC(=O)c2cc(S(=O)(=O)N3CCC(C)CC3)ccc2Cl)c1. The number of ether oxygens (including phenoxy) is 1. The summed E-state index contributed by atoms with van der Waals surface area (Å²) in [7, 11) is -3.73. The van der Waals surface area contributed by atoms with Crippen molar-refractivity contribution in [3.05, 3.63) is 58.1 Å². The van der Waals surface area contributed by atoms with Crippen molar-refractivity contribution in [3.8, 4) is 0 Å². The Morgan fingerprint density at radius 3 is 2.50 bits per heavy atom. The lowest BCUT2D eigenvalue weighted by molar-refractivity contribution is 0.0526. The zero-order chi connectivity index (χ0) is 23.5. The fourth-order valence-corrected chi connectivity index (χ4v) is 5.20. The van der Waals surface area contributed by atoms with E-state index in [1.54, 1.807) is 26.0 Å². The van der Waals surface area contributed by atoms with E-state index < -0.39 is 21.9 Å². The monoisotopic (exact) mass is 478 g/mol. The summed E-state index contributed by atoms with van der Waals surface area (Å²) in [5.41, 5.74) is 1.48. The zero-order valence-electron chi connectivity index (χ0n) is 18.4. The fourth-order valence-electron chi connectivity index (χ4n) is 3.50. The van der Waals surface area contributed by atoms with E-state index in [4.69, 9.17) is 16.3 Å². The minimum absolute atomic E-state index is 0.0265. The molecule has 0 aliphatic carbocycles. The molecule has 7 nitrogen and oxygen atoms in total. The molecule has 0 spiro atoms. The van der Waals surface area contributed by atoms with Gasteiger partial charge in [0.2, 0.25) is 10.0 Å². The molecule has 9 heteroatoms. The Hall–Kier alpha value is -2.42. The summed E-state index contributed by atoms with van der Waals surface area (Å²) in [5.74, 6) is -0.574. The molecule has 0 aromatic heterocycles. The molecule has 0 bridgehead atoms. The van der Waals surface area contributed by atoms with E-state index in [1.807, 2.05) is 0 Å². The third-order valence-electron chi connectivity index (χ3n) is 5.56. The zero-order valence-corrected chi connectivity index (χ0v) is 19.9. The number of nitrogens with one attached hydrogen (secondary N) is 1. The second kappa shape index (κ2) is 10.0. The minimum Gasteiger partial charge on any atom is -0.462 e. The number of benzene rings is 2. The number of amides is 1. The van der Waals surface area contributed by atoms with Crippen LogP contribution in [0.5, 0.6) is 0 Å². The molecule has 1 N–H and O–H groups in total. The summed E-state index contributed by atoms with van der Waals surface area (Å²) in [4.78, 5) is 25.0. The van der Waals surface area contributed by atoms with Gasteiger partial charge in [-0.1, -0.05) is 24.6 Å². The molecule has 1 heterocycles. The number of esters is 1. The standard InChI is InChI=1S/C23H27ClN2O5S/c1-4-31-23(28)17-6-5-16(3)21(13-17)25-22(27)19-14-18(7-8-20(19)24)32(29,30)26-11-9-15(2)10-12-26/h5-8,13-15H,4,9-12H2,1-3H3,(H,25,27). The van der Waals surface area contributed by atoms with Crippen molar-refractivity contribution in [2.24, 2.45) is 5.92 Å². The van der Waals surface area contributed by atoms with E-state index >= 15 is 0 Å². The van der Waals surface area contributed by atoms with Gasteiger partial charge >= 0.3 is 5.97 Å². The number of hydrogen-bond donors (Lipinski definition) is 1. The molecule has 0 saturated carbocycles. The first kappa shape index (κ1) is 24.2. The van der Waals surface area contributed by atoms with E-state index in [9.17, 15) is 18.0 Å². The van der Waals surface area contributed by atoms with Crippen LogP contribution in [0.4, 0.5) is 5.69 Å². The Morgan fingerprint density at radius 1 is 1.16 bits per heavy atom. The lowest BCUT2D eigenvalue weighted by Crippen LogP contribution is -2.37. The first-order chi connectivity index (χ1) is 15.1. The highest BCUT2D eigenvalue weighted by molar-refractivity contribution is 7.89. The third-order valence-corrected chi connectivity index (χ3v) is 7.78. The molecule has 32 heavy (non-hydrogen) atoms. The number of halogens is 1. The Kier molecular flexibility index (Phi) is 7.59. The third kappa shape index (κ3) is 5.31. The van der Waals surface area contributed by atoms with Crippen LogP contribution in [-0.2, 0) is 14.8 Å². The molecule has 1 aliphatic heterocycles. The number of hydrogen-bond acceptors (Lipinski definition) is 5. The van der Waals surface area contributed by atoms with Gasteiger partial charge < -0.3 is 10.1 Å². The maximum atomic E-state index is 13.1. The van der Waals surface area contributed by atoms with Crippen LogP contribution in [0.25, 0.3) is 0 Å². The van der Waals surface area contributed by atoms with Gasteiger partial charge in [-0.2, -0.15) is 4.31 Å². The van der Waals surface area contributed by atoms with Crippen molar-refractivity contribution in [1.82, 2.24) is 4.31 Å². The van der Waals surface area contributed by atoms with E-state index in [2.05, 4.69) is 12.2 Å². The quantitative estimate of drug-likeness (QED) is 0.617. The van der Waals surface area contributed by atoms with Crippen LogP contribution >= 0.6 is 11.6 Å². The molecule has 0 unspecified atom stereocenters. The topological polar surface area (TPSA) is 92.8 Å². The fraction of sp³-hybridized carbons (Fsp3) is 0.391. The van der Waals surface area contributed by atoms with Crippen molar-refractivity contribution >= 4 is 39.2 Å². The van der Waals surface area contributed by atoms with Crippen molar-refractivity contribution in [1.29, 1.82) is 0 Å². The van der Waals surface area contributed by atoms with Crippen LogP contribution < -0.4 is 5.32 Å². The van der Waals surface area contributed by atoms with E-state index in [0.717, 1.165) is 18.4 Å². The van der Waals surface area contributed by atoms with Gasteiger partial charge in [-0.3, -0.25) is 4.79 Å². The van der Waals surface area contributed by atoms with Crippen LogP contribution in [0.3, 0.4) is 0 Å². The second-order valence-electron chi connectivity index (χ2n) is 7.93. The summed E-state index contributed by atoms with van der Waals surface area (Å²) in [6, 6.07) is 8.96. The predicted octanol–water partition coefficient (Wildman–Crippen LogP) is 4.50. The number of piperidine rings is 1. The summed E-state index contributed by atoms with van der Waals surface area (Å²) >= 11 is 6.23. The van der Waals surface area contributed by atoms with Crippen molar-refractivity contribution in [3.63, 3.8) is 0 Å². The van der Waals surface area contributed by atoms with Crippen molar-refractivity contribution in [2.45, 2.75) is 38.5 Å². The van der Waals surface area contributed by atoms with Gasteiger partial charge in [-0.05, 0) is 68.5 Å². The highest BCUT2D eigenvalue weighted by Crippen LogP contribution is 2.27. The average Bonchev–Trinajstić information content (AvgIpc) is 2.75. The largest absolute Gasteiger partial charge is 0.462 e. The van der Waals surface area contributed by atoms with Gasteiger partial charge in [-0.25, -0.2) is 13.2 Å². The molecular formula is C23H27ClN2O5S. The number of rotatable bonds is 6. The maximum Gasteiger partial charge on any atom is 0.338 e. The normalized spacial score (nSPS) is 15.4. The van der Waals surface area contributed by atoms with Crippen molar-refractivity contribution in [2.75, 3.05) is 25.0 Å². The lowest BCUT2D eigenvalue weighted by Gasteiger charge is -2.29. The molecule has 1 saturated heterocycles. The van der Waals surface area contributed by atoms with E-state index in [-0.39, 0.29) is 22.1 Å². The van der Waals surface area contributed by atoms with Crippen molar-refractivity contribution < 1.29 is 22.7 Å². The molecule has 3 rings (SSSR count). The van der Waals surface area contributed by atoms with Gasteiger partial charge in [0.25, 0.3) is 5.91 Å². The molecule has 1 amide bonds. The molecule has 2 aromatic carbocycles. The lowest BCUT2D eigenvalue weighted by atomic mass is 10.0. The van der Waals surface area contributed by atoms with E-state index in [1.165, 1.54) is 28.6 Å². The Bertz CT molecular complexity index is 1130. The number of carbonyl (C=O) groups is 2. The van der Waals surface area contributed by atoms with Gasteiger partial charge in [0, 0.05) is 18.8 Å². The highest BCUT2D eigenvalue weighted by atomic mass is 35.5. The minimum atomic E-state index is -3.73. The maximum absolute atomic E-state index is 13.1. The first-order valence-corrected chi connectivity index (χ1v) is 12.3. The van der Waals surface area contributed by atoms with Crippen LogP contribution in [0.1, 0.15) is 53.0 Å². The Labute approximate surface area is 193 Å². The smallest absolute Gasteiger partial charge is 0.338 e.